The van der Waals surface area contributed by atoms with E-state index in [2.05, 4.69) is 21.3 Å². The molecule has 41 heavy (non-hydrogen) atoms. The molecular weight excluding hydrogens is 534 g/mol. The van der Waals surface area contributed by atoms with Gasteiger partial charge in [0.15, 0.2) is 0 Å². The Hall–Kier alpha value is -3.87. The SMILES string of the molecule is CCOC(=O)[C@@H](NC(=O)[C@@H](CCCCNC(=O)OCc1ccccc1)NC(=O)N[C@@H](CCCCN)C(=O)O)C(C)C. The van der Waals surface area contributed by atoms with E-state index in [-0.39, 0.29) is 38.5 Å². The summed E-state index contributed by atoms with van der Waals surface area (Å²) in [6.07, 6.45) is 1.77. The molecule has 0 aliphatic rings. The fourth-order valence-electron chi connectivity index (χ4n) is 3.80. The number of carboxylic acid groups (broad SMARTS) is 1. The average molecular weight is 580 g/mol. The van der Waals surface area contributed by atoms with Gasteiger partial charge in [0.25, 0.3) is 0 Å². The zero-order valence-electron chi connectivity index (χ0n) is 24.1. The Morgan fingerprint density at radius 3 is 2.12 bits per heavy atom. The molecule has 0 spiro atoms. The summed E-state index contributed by atoms with van der Waals surface area (Å²) in [5.74, 6) is -2.69. The number of carbonyl (C=O) groups is 5. The van der Waals surface area contributed by atoms with Crippen LogP contribution in [0.2, 0.25) is 0 Å². The number of nitrogens with two attached hydrogens (primary N) is 1. The van der Waals surface area contributed by atoms with Crippen LogP contribution in [-0.4, -0.2) is 72.9 Å². The van der Waals surface area contributed by atoms with Crippen LogP contribution in [0.1, 0.15) is 64.9 Å². The lowest BCUT2D eigenvalue weighted by atomic mass is 10.0. The highest BCUT2D eigenvalue weighted by atomic mass is 16.5. The van der Waals surface area contributed by atoms with Crippen molar-refractivity contribution in [2.45, 2.75) is 84.0 Å². The number of alkyl carbamates (subject to hydrolysis) is 1. The van der Waals surface area contributed by atoms with Crippen LogP contribution >= 0.6 is 0 Å². The minimum absolute atomic E-state index is 0.134. The van der Waals surface area contributed by atoms with Crippen molar-refractivity contribution in [2.24, 2.45) is 11.7 Å². The van der Waals surface area contributed by atoms with Crippen molar-refractivity contribution in [3.8, 4) is 0 Å². The third kappa shape index (κ3) is 14.9. The van der Waals surface area contributed by atoms with Gasteiger partial charge in [-0.05, 0) is 63.5 Å². The zero-order chi connectivity index (χ0) is 30.6. The summed E-state index contributed by atoms with van der Waals surface area (Å²) < 4.78 is 10.2. The lowest BCUT2D eigenvalue weighted by molar-refractivity contribution is -0.149. The summed E-state index contributed by atoms with van der Waals surface area (Å²) in [4.78, 5) is 61.7. The molecule has 0 heterocycles. The summed E-state index contributed by atoms with van der Waals surface area (Å²) in [5.41, 5.74) is 6.32. The minimum atomic E-state index is -1.20. The quantitative estimate of drug-likeness (QED) is 0.105. The number of hydrogen-bond acceptors (Lipinski definition) is 8. The van der Waals surface area contributed by atoms with Crippen molar-refractivity contribution in [2.75, 3.05) is 19.7 Å². The Labute approximate surface area is 241 Å². The molecule has 3 atom stereocenters. The number of carbonyl (C=O) groups excluding carboxylic acids is 4. The number of rotatable bonds is 19. The van der Waals surface area contributed by atoms with E-state index in [0.29, 0.717) is 32.2 Å². The van der Waals surface area contributed by atoms with Crippen LogP contribution in [0.15, 0.2) is 30.3 Å². The third-order valence-corrected chi connectivity index (χ3v) is 6.08. The van der Waals surface area contributed by atoms with E-state index in [1.54, 1.807) is 20.8 Å². The summed E-state index contributed by atoms with van der Waals surface area (Å²) in [6, 6.07) is 5.24. The second-order valence-electron chi connectivity index (χ2n) is 9.81. The molecular formula is C28H45N5O8. The van der Waals surface area contributed by atoms with E-state index in [1.807, 2.05) is 30.3 Å². The molecule has 230 valence electrons. The Balaban J connectivity index is 2.73. The van der Waals surface area contributed by atoms with Crippen molar-refractivity contribution in [1.29, 1.82) is 0 Å². The molecule has 1 aromatic rings. The van der Waals surface area contributed by atoms with Gasteiger partial charge in [-0.15, -0.1) is 0 Å². The molecule has 0 aliphatic heterocycles. The maximum absolute atomic E-state index is 13.1. The molecule has 0 saturated carbocycles. The number of urea groups is 1. The number of aliphatic carboxylic acids is 1. The number of unbranched alkanes of at least 4 members (excludes halogenated alkanes) is 2. The van der Waals surface area contributed by atoms with Crippen LogP contribution < -0.4 is 27.0 Å². The van der Waals surface area contributed by atoms with E-state index in [0.717, 1.165) is 5.56 Å². The number of benzene rings is 1. The van der Waals surface area contributed by atoms with E-state index < -0.39 is 48.1 Å². The first kappa shape index (κ1) is 35.2. The van der Waals surface area contributed by atoms with Crippen LogP contribution in [0.4, 0.5) is 9.59 Å². The lowest BCUT2D eigenvalue weighted by Gasteiger charge is -2.25. The Kier molecular flexibility index (Phi) is 17.2. The summed E-state index contributed by atoms with van der Waals surface area (Å²) >= 11 is 0. The fraction of sp³-hybridized carbons (Fsp3) is 0.607. The van der Waals surface area contributed by atoms with Crippen LogP contribution in [0.3, 0.4) is 0 Å². The van der Waals surface area contributed by atoms with Gasteiger partial charge in [-0.3, -0.25) is 4.79 Å². The standard InChI is InChI=1S/C28H45N5O8/c1-4-40-26(37)23(19(2)3)33-24(34)21(31-27(38)32-22(25(35)36)15-8-10-16-29)14-9-11-17-30-28(39)41-18-20-12-6-5-7-13-20/h5-7,12-13,19,21-23H,4,8-11,14-18,29H2,1-3H3,(H,30,39)(H,33,34)(H,35,36)(H2,31,32,38)/t21-,22+,23+/m1/s1. The summed E-state index contributed by atoms with van der Waals surface area (Å²) in [5, 5.41) is 19.7. The van der Waals surface area contributed by atoms with Gasteiger partial charge in [0, 0.05) is 6.54 Å². The first-order valence-corrected chi connectivity index (χ1v) is 14.0. The van der Waals surface area contributed by atoms with Gasteiger partial charge < -0.3 is 41.6 Å². The van der Waals surface area contributed by atoms with Crippen molar-refractivity contribution in [1.82, 2.24) is 21.3 Å². The van der Waals surface area contributed by atoms with Gasteiger partial charge in [0.1, 0.15) is 24.7 Å². The first-order chi connectivity index (χ1) is 19.6. The number of ether oxygens (including phenoxy) is 2. The maximum atomic E-state index is 13.1. The largest absolute Gasteiger partial charge is 0.480 e. The molecule has 0 unspecified atom stereocenters. The number of esters is 1. The molecule has 1 aromatic carbocycles. The highest BCUT2D eigenvalue weighted by Gasteiger charge is 2.30. The molecule has 0 saturated heterocycles. The van der Waals surface area contributed by atoms with E-state index in [9.17, 15) is 29.1 Å². The second-order valence-corrected chi connectivity index (χ2v) is 9.81. The normalized spacial score (nSPS) is 12.9. The van der Waals surface area contributed by atoms with E-state index >= 15 is 0 Å². The smallest absolute Gasteiger partial charge is 0.407 e. The molecule has 1 rings (SSSR count). The first-order valence-electron chi connectivity index (χ1n) is 14.0. The van der Waals surface area contributed by atoms with E-state index in [1.165, 1.54) is 0 Å². The molecule has 0 fully saturated rings. The Morgan fingerprint density at radius 1 is 0.878 bits per heavy atom. The molecule has 13 nitrogen and oxygen atoms in total. The fourth-order valence-corrected chi connectivity index (χ4v) is 3.80. The van der Waals surface area contributed by atoms with Crippen molar-refractivity contribution >= 4 is 30.0 Å². The minimum Gasteiger partial charge on any atom is -0.480 e. The summed E-state index contributed by atoms with van der Waals surface area (Å²) in [7, 11) is 0. The topological polar surface area (TPSA) is 198 Å². The van der Waals surface area contributed by atoms with Gasteiger partial charge in [-0.1, -0.05) is 44.2 Å². The number of nitrogens with one attached hydrogen (secondary N) is 4. The predicted octanol–water partition coefficient (Wildman–Crippen LogP) is 2.04. The predicted molar refractivity (Wildman–Crippen MR) is 152 cm³/mol. The van der Waals surface area contributed by atoms with Crippen molar-refractivity contribution < 1.29 is 38.6 Å². The Morgan fingerprint density at radius 2 is 1.51 bits per heavy atom. The van der Waals surface area contributed by atoms with Gasteiger partial charge >= 0.3 is 24.1 Å². The number of amides is 4. The average Bonchev–Trinajstić information content (AvgIpc) is 2.93. The van der Waals surface area contributed by atoms with Gasteiger partial charge in [-0.25, -0.2) is 19.2 Å². The molecule has 0 bridgehead atoms. The molecule has 0 aliphatic carbocycles. The van der Waals surface area contributed by atoms with Crippen molar-refractivity contribution in [3.63, 3.8) is 0 Å². The van der Waals surface area contributed by atoms with Crippen molar-refractivity contribution in [3.05, 3.63) is 35.9 Å². The van der Waals surface area contributed by atoms with Crippen LogP contribution in [0.5, 0.6) is 0 Å². The molecule has 4 amide bonds. The van der Waals surface area contributed by atoms with Gasteiger partial charge in [0.05, 0.1) is 6.61 Å². The molecule has 0 aromatic heterocycles. The Bertz CT molecular complexity index is 960. The van der Waals surface area contributed by atoms with Gasteiger partial charge in [0.2, 0.25) is 5.91 Å². The zero-order valence-corrected chi connectivity index (χ0v) is 24.1. The molecule has 7 N–H and O–H groups in total. The third-order valence-electron chi connectivity index (χ3n) is 6.08. The highest BCUT2D eigenvalue weighted by molar-refractivity contribution is 5.91. The highest BCUT2D eigenvalue weighted by Crippen LogP contribution is 2.08. The number of hydrogen-bond donors (Lipinski definition) is 6. The number of carboxylic acids is 1. The second kappa shape index (κ2) is 20.1. The van der Waals surface area contributed by atoms with Crippen LogP contribution in [0, 0.1) is 5.92 Å². The molecule has 13 heteroatoms. The monoisotopic (exact) mass is 579 g/mol. The lowest BCUT2D eigenvalue weighted by Crippen LogP contribution is -2.56. The van der Waals surface area contributed by atoms with E-state index in [4.69, 9.17) is 15.2 Å². The van der Waals surface area contributed by atoms with Gasteiger partial charge in [-0.2, -0.15) is 0 Å². The maximum Gasteiger partial charge on any atom is 0.407 e. The molecule has 0 radical (unpaired) electrons. The summed E-state index contributed by atoms with van der Waals surface area (Å²) in [6.45, 7) is 6.10. The van der Waals surface area contributed by atoms with Crippen LogP contribution in [-0.2, 0) is 30.5 Å². The van der Waals surface area contributed by atoms with Crippen LogP contribution in [0.25, 0.3) is 0 Å².